The Bertz CT molecular complexity index is 1210. The van der Waals surface area contributed by atoms with Crippen LogP contribution in [-0.2, 0) is 13.1 Å². The van der Waals surface area contributed by atoms with Crippen LogP contribution in [0.25, 0.3) is 22.2 Å². The molecule has 152 valence electrons. The molecule has 4 aromatic rings. The zero-order chi connectivity index (χ0) is 20.9. The van der Waals surface area contributed by atoms with E-state index in [0.29, 0.717) is 31.0 Å². The van der Waals surface area contributed by atoms with Crippen LogP contribution >= 0.6 is 11.3 Å². The summed E-state index contributed by atoms with van der Waals surface area (Å²) in [7, 11) is 3.26. The number of fused-ring (bicyclic) bond motifs is 1. The van der Waals surface area contributed by atoms with E-state index in [1.54, 1.807) is 25.6 Å². The lowest BCUT2D eigenvalue weighted by molar-refractivity contribution is 0.354. The lowest BCUT2D eigenvalue weighted by atomic mass is 10.1. The summed E-state index contributed by atoms with van der Waals surface area (Å²) >= 11 is 1.58. The molecule has 2 aromatic heterocycles. The maximum Gasteiger partial charge on any atom is 0.183 e. The van der Waals surface area contributed by atoms with Crippen LogP contribution in [-0.4, -0.2) is 23.8 Å². The van der Waals surface area contributed by atoms with Crippen molar-refractivity contribution in [3.63, 3.8) is 0 Å². The summed E-state index contributed by atoms with van der Waals surface area (Å²) in [6.45, 7) is 1.31. The van der Waals surface area contributed by atoms with Crippen molar-refractivity contribution < 1.29 is 9.47 Å². The predicted octanol–water partition coefficient (Wildman–Crippen LogP) is 5.31. The highest BCUT2D eigenvalue weighted by atomic mass is 32.1. The molecule has 0 fully saturated rings. The topological polar surface area (TPSA) is 72.1 Å². The quantitative estimate of drug-likeness (QED) is 0.420. The average molecular weight is 419 g/mol. The number of hydrogen-bond donors (Lipinski definition) is 1. The van der Waals surface area contributed by atoms with Gasteiger partial charge in [0.25, 0.3) is 0 Å². The number of aryl methyl sites for hydroxylation is 1. The van der Waals surface area contributed by atoms with Gasteiger partial charge in [-0.15, -0.1) is 11.3 Å². The molecular weight excluding hydrogens is 396 g/mol. The van der Waals surface area contributed by atoms with Crippen molar-refractivity contribution in [2.75, 3.05) is 19.5 Å². The molecule has 0 aliphatic carbocycles. The van der Waals surface area contributed by atoms with Gasteiger partial charge in [0.1, 0.15) is 0 Å². The van der Waals surface area contributed by atoms with Crippen molar-refractivity contribution in [3.05, 3.63) is 59.6 Å². The first-order valence-corrected chi connectivity index (χ1v) is 10.5. The molecule has 0 unspecified atom stereocenters. The first-order chi connectivity index (χ1) is 14.7. The van der Waals surface area contributed by atoms with E-state index in [4.69, 9.17) is 19.7 Å². The van der Waals surface area contributed by atoms with Crippen molar-refractivity contribution in [2.45, 2.75) is 19.5 Å². The Balaban J connectivity index is 1.54. The van der Waals surface area contributed by atoms with Gasteiger partial charge in [-0.05, 0) is 23.8 Å². The van der Waals surface area contributed by atoms with E-state index in [1.807, 2.05) is 30.3 Å². The second-order valence-electron chi connectivity index (χ2n) is 6.74. The first kappa shape index (κ1) is 19.8. The van der Waals surface area contributed by atoms with E-state index in [2.05, 4.69) is 39.7 Å². The number of benzene rings is 2. The zero-order valence-electron chi connectivity index (χ0n) is 16.9. The molecular formula is C23H22N4O2S. The van der Waals surface area contributed by atoms with E-state index in [9.17, 15) is 0 Å². The van der Waals surface area contributed by atoms with Crippen molar-refractivity contribution in [3.8, 4) is 28.8 Å². The van der Waals surface area contributed by atoms with Crippen LogP contribution in [0.3, 0.4) is 0 Å². The highest BCUT2D eigenvalue weighted by Crippen LogP contribution is 2.33. The van der Waals surface area contributed by atoms with Gasteiger partial charge < -0.3 is 19.4 Å². The van der Waals surface area contributed by atoms with Gasteiger partial charge in [0.05, 0.1) is 32.4 Å². The zero-order valence-corrected chi connectivity index (χ0v) is 17.7. The summed E-state index contributed by atoms with van der Waals surface area (Å²) in [5.41, 5.74) is 4.22. The Hall–Kier alpha value is -3.50. The van der Waals surface area contributed by atoms with E-state index >= 15 is 0 Å². The monoisotopic (exact) mass is 418 g/mol. The van der Waals surface area contributed by atoms with Gasteiger partial charge in [-0.2, -0.15) is 5.26 Å². The Morgan fingerprint density at radius 1 is 1.13 bits per heavy atom. The van der Waals surface area contributed by atoms with Gasteiger partial charge >= 0.3 is 0 Å². The van der Waals surface area contributed by atoms with Crippen LogP contribution in [0.5, 0.6) is 11.5 Å². The van der Waals surface area contributed by atoms with E-state index in [0.717, 1.165) is 32.9 Å². The Morgan fingerprint density at radius 3 is 2.77 bits per heavy atom. The number of thiazole rings is 1. The van der Waals surface area contributed by atoms with Gasteiger partial charge in [0.15, 0.2) is 16.6 Å². The van der Waals surface area contributed by atoms with Crippen molar-refractivity contribution in [2.24, 2.45) is 0 Å². The predicted molar refractivity (Wildman–Crippen MR) is 120 cm³/mol. The van der Waals surface area contributed by atoms with Gasteiger partial charge in [-0.25, -0.2) is 4.98 Å². The molecule has 0 bridgehead atoms. The number of para-hydroxylation sites is 1. The molecule has 6 nitrogen and oxygen atoms in total. The van der Waals surface area contributed by atoms with Crippen LogP contribution in [0.4, 0.5) is 5.13 Å². The van der Waals surface area contributed by atoms with Crippen molar-refractivity contribution in [1.29, 1.82) is 5.26 Å². The molecule has 7 heteroatoms. The van der Waals surface area contributed by atoms with Gasteiger partial charge in [-0.1, -0.05) is 24.3 Å². The molecule has 0 saturated carbocycles. The number of anilines is 1. The number of aromatic nitrogens is 2. The maximum atomic E-state index is 8.94. The summed E-state index contributed by atoms with van der Waals surface area (Å²) in [4.78, 5) is 4.79. The number of hydrogen-bond acceptors (Lipinski definition) is 6. The van der Waals surface area contributed by atoms with E-state index < -0.39 is 0 Å². The molecule has 0 aliphatic heterocycles. The fraction of sp³-hybridized carbons (Fsp3) is 0.217. The number of rotatable bonds is 8. The van der Waals surface area contributed by atoms with Crippen LogP contribution in [0.1, 0.15) is 12.0 Å². The largest absolute Gasteiger partial charge is 0.493 e. The molecule has 0 atom stereocenters. The molecule has 4 rings (SSSR count). The minimum atomic E-state index is 0.479. The summed E-state index contributed by atoms with van der Waals surface area (Å²) < 4.78 is 12.8. The number of methoxy groups -OCH3 is 2. The maximum absolute atomic E-state index is 8.94. The number of ether oxygens (including phenoxy) is 2. The Morgan fingerprint density at radius 2 is 1.97 bits per heavy atom. The molecule has 0 saturated heterocycles. The van der Waals surface area contributed by atoms with Crippen LogP contribution in [0.2, 0.25) is 0 Å². The highest BCUT2D eigenvalue weighted by Gasteiger charge is 2.13. The summed E-state index contributed by atoms with van der Waals surface area (Å²) in [6, 6.07) is 16.3. The fourth-order valence-electron chi connectivity index (χ4n) is 3.45. The molecule has 30 heavy (non-hydrogen) atoms. The summed E-state index contributed by atoms with van der Waals surface area (Å²) in [5, 5.41) is 16.4. The third kappa shape index (κ3) is 3.95. The molecule has 1 N–H and O–H groups in total. The highest BCUT2D eigenvalue weighted by molar-refractivity contribution is 7.14. The van der Waals surface area contributed by atoms with E-state index in [-0.39, 0.29) is 0 Å². The molecule has 2 aromatic carbocycles. The van der Waals surface area contributed by atoms with Crippen molar-refractivity contribution >= 4 is 27.4 Å². The second kappa shape index (κ2) is 8.89. The van der Waals surface area contributed by atoms with Crippen LogP contribution in [0, 0.1) is 11.3 Å². The minimum Gasteiger partial charge on any atom is -0.493 e. The molecule has 0 spiro atoms. The Kier molecular flexibility index (Phi) is 5.87. The minimum absolute atomic E-state index is 0.479. The summed E-state index contributed by atoms with van der Waals surface area (Å²) in [6.07, 6.45) is 2.57. The number of nitrogens with one attached hydrogen (secondary N) is 1. The molecule has 0 aliphatic rings. The first-order valence-electron chi connectivity index (χ1n) is 9.59. The van der Waals surface area contributed by atoms with Gasteiger partial charge in [0.2, 0.25) is 0 Å². The average Bonchev–Trinajstić information content (AvgIpc) is 3.40. The standard InChI is InChI=1S/C23H22N4O2S/c1-28-21-9-8-16(12-22(21)29-2)13-25-23-26-19(15-30-23)18-14-27(11-5-10-24)20-7-4-3-6-17(18)20/h3-4,6-9,12,14-15H,5,11,13H2,1-2H3,(H,25,26). The fourth-order valence-corrected chi connectivity index (χ4v) is 4.16. The molecule has 0 amide bonds. The number of nitrogens with zero attached hydrogens (tertiary/aromatic N) is 3. The lowest BCUT2D eigenvalue weighted by Gasteiger charge is -2.09. The van der Waals surface area contributed by atoms with Crippen LogP contribution < -0.4 is 14.8 Å². The smallest absolute Gasteiger partial charge is 0.183 e. The normalized spacial score (nSPS) is 10.7. The van der Waals surface area contributed by atoms with Crippen molar-refractivity contribution in [1.82, 2.24) is 9.55 Å². The molecule has 0 radical (unpaired) electrons. The number of nitriles is 1. The molecule has 2 heterocycles. The lowest BCUT2D eigenvalue weighted by Crippen LogP contribution is -2.00. The third-order valence-electron chi connectivity index (χ3n) is 4.92. The van der Waals surface area contributed by atoms with Crippen LogP contribution in [0.15, 0.2) is 54.0 Å². The van der Waals surface area contributed by atoms with E-state index in [1.165, 1.54) is 0 Å². The summed E-state index contributed by atoms with van der Waals surface area (Å²) in [5.74, 6) is 1.42. The van der Waals surface area contributed by atoms with Gasteiger partial charge in [0, 0.05) is 41.1 Å². The SMILES string of the molecule is COc1ccc(CNc2nc(-c3cn(CCC#N)c4ccccc34)cs2)cc1OC. The second-order valence-corrected chi connectivity index (χ2v) is 7.60. The Labute approximate surface area is 179 Å². The third-order valence-corrected chi connectivity index (χ3v) is 5.72. The van der Waals surface area contributed by atoms with Gasteiger partial charge in [-0.3, -0.25) is 0 Å².